The van der Waals surface area contributed by atoms with Gasteiger partial charge in [0.2, 0.25) is 0 Å². The van der Waals surface area contributed by atoms with Gasteiger partial charge in [-0.1, -0.05) is 6.92 Å². The zero-order chi connectivity index (χ0) is 14.7. The van der Waals surface area contributed by atoms with E-state index in [2.05, 4.69) is 40.6 Å². The summed E-state index contributed by atoms with van der Waals surface area (Å²) in [6.07, 6.45) is 4.76. The van der Waals surface area contributed by atoms with E-state index >= 15 is 0 Å². The molecule has 0 bridgehead atoms. The third-order valence-corrected chi connectivity index (χ3v) is 4.45. The van der Waals surface area contributed by atoms with Crippen LogP contribution >= 0.6 is 24.4 Å². The summed E-state index contributed by atoms with van der Waals surface area (Å²) in [6, 6.07) is 4.12. The summed E-state index contributed by atoms with van der Waals surface area (Å²) in [5, 5.41) is 0.800. The van der Waals surface area contributed by atoms with Crippen LogP contribution in [0.1, 0.15) is 36.8 Å². The van der Waals surface area contributed by atoms with Crippen molar-refractivity contribution in [2.75, 3.05) is 12.0 Å². The number of nitrogens with two attached hydrogens (primary N) is 1. The van der Waals surface area contributed by atoms with E-state index < -0.39 is 0 Å². The molecular formula is C14H18N4S2. The number of hydrogen-bond donors (Lipinski definition) is 2. The van der Waals surface area contributed by atoms with Crippen LogP contribution in [0.3, 0.4) is 0 Å². The highest BCUT2D eigenvalue weighted by Crippen LogP contribution is 2.29. The molecule has 0 aliphatic heterocycles. The van der Waals surface area contributed by atoms with Crippen LogP contribution in [-0.2, 0) is 6.42 Å². The van der Waals surface area contributed by atoms with Crippen LogP contribution in [0.15, 0.2) is 28.3 Å². The maximum Gasteiger partial charge on any atom is 0.141 e. The Labute approximate surface area is 129 Å². The normalized spacial score (nSPS) is 12.4. The molecule has 0 saturated carbocycles. The minimum absolute atomic E-state index is 0.00336. The predicted molar refractivity (Wildman–Crippen MR) is 86.6 cm³/mol. The largest absolute Gasteiger partial charge is 0.383 e. The first-order valence-corrected chi connectivity index (χ1v) is 8.09. The summed E-state index contributed by atoms with van der Waals surface area (Å²) < 4.78 is 0. The number of anilines is 1. The smallest absolute Gasteiger partial charge is 0.141 e. The van der Waals surface area contributed by atoms with Crippen LogP contribution in [-0.4, -0.2) is 21.2 Å². The minimum Gasteiger partial charge on any atom is -0.383 e. The van der Waals surface area contributed by atoms with Gasteiger partial charge < -0.3 is 5.73 Å². The number of thioether (sulfide) groups is 1. The van der Waals surface area contributed by atoms with E-state index in [1.807, 2.05) is 25.4 Å². The molecule has 1 unspecified atom stereocenters. The molecule has 20 heavy (non-hydrogen) atoms. The lowest BCUT2D eigenvalue weighted by Crippen LogP contribution is -2.08. The maximum atomic E-state index is 5.91. The average Bonchev–Trinajstić information content (AvgIpc) is 2.49. The second-order valence-electron chi connectivity index (χ2n) is 4.49. The summed E-state index contributed by atoms with van der Waals surface area (Å²) in [5.74, 6) is 1.11. The Kier molecular flexibility index (Phi) is 4.88. The summed E-state index contributed by atoms with van der Waals surface area (Å²) in [4.78, 5) is 14.0. The Hall–Kier alpha value is -1.27. The van der Waals surface area contributed by atoms with Gasteiger partial charge in [0.25, 0.3) is 0 Å². The van der Waals surface area contributed by atoms with Crippen LogP contribution in [0.2, 0.25) is 0 Å². The van der Waals surface area contributed by atoms with Gasteiger partial charge in [0.15, 0.2) is 0 Å². The van der Waals surface area contributed by atoms with Gasteiger partial charge >= 0.3 is 0 Å². The first kappa shape index (κ1) is 15.1. The molecule has 2 heterocycles. The predicted octanol–water partition coefficient (Wildman–Crippen LogP) is 3.18. The van der Waals surface area contributed by atoms with E-state index in [0.717, 1.165) is 17.1 Å². The molecule has 2 N–H and O–H groups in total. The van der Waals surface area contributed by atoms with E-state index in [0.29, 0.717) is 16.5 Å². The molecule has 2 rings (SSSR count). The lowest BCUT2D eigenvalue weighted by Gasteiger charge is -2.13. The van der Waals surface area contributed by atoms with Crippen molar-refractivity contribution in [1.82, 2.24) is 15.0 Å². The molecule has 2 aromatic rings. The zero-order valence-corrected chi connectivity index (χ0v) is 13.5. The Morgan fingerprint density at radius 2 is 2.15 bits per heavy atom. The third kappa shape index (κ3) is 3.07. The second-order valence-corrected chi connectivity index (χ2v) is 5.73. The third-order valence-electron chi connectivity index (χ3n) is 3.17. The lowest BCUT2D eigenvalue weighted by atomic mass is 10.0. The van der Waals surface area contributed by atoms with Crippen LogP contribution in [0.4, 0.5) is 5.82 Å². The minimum atomic E-state index is 0.00336. The van der Waals surface area contributed by atoms with Crippen molar-refractivity contribution in [3.8, 4) is 0 Å². The number of thiol groups is 1. The highest BCUT2D eigenvalue weighted by molar-refractivity contribution is 7.99. The first-order chi connectivity index (χ1) is 9.56. The highest BCUT2D eigenvalue weighted by atomic mass is 32.2. The van der Waals surface area contributed by atoms with Gasteiger partial charge in [-0.25, -0.2) is 9.97 Å². The van der Waals surface area contributed by atoms with Gasteiger partial charge in [-0.05, 0) is 37.3 Å². The molecule has 0 spiro atoms. The molecule has 0 amide bonds. The fourth-order valence-corrected chi connectivity index (χ4v) is 2.74. The number of aryl methyl sites for hydroxylation is 1. The number of pyridine rings is 1. The van der Waals surface area contributed by atoms with E-state index in [1.165, 1.54) is 17.3 Å². The summed E-state index contributed by atoms with van der Waals surface area (Å²) in [5.41, 5.74) is 8.12. The molecule has 0 aliphatic carbocycles. The van der Waals surface area contributed by atoms with Gasteiger partial charge in [0, 0.05) is 6.20 Å². The molecule has 1 atom stereocenters. The number of nitrogen functional groups attached to an aromatic ring is 1. The highest BCUT2D eigenvalue weighted by Gasteiger charge is 2.17. The fraction of sp³-hybridized carbons (Fsp3) is 0.357. The molecule has 106 valence electrons. The number of aromatic nitrogens is 3. The molecule has 0 aromatic carbocycles. The molecule has 4 nitrogen and oxygen atoms in total. The Morgan fingerprint density at radius 3 is 2.80 bits per heavy atom. The number of rotatable bonds is 4. The summed E-state index contributed by atoms with van der Waals surface area (Å²) in [6.45, 7) is 4.17. The molecule has 6 heteroatoms. The Morgan fingerprint density at radius 1 is 1.40 bits per heavy atom. The van der Waals surface area contributed by atoms with E-state index in [-0.39, 0.29) is 5.92 Å². The number of hydrogen-bond acceptors (Lipinski definition) is 6. The second kappa shape index (κ2) is 6.45. The van der Waals surface area contributed by atoms with Crippen molar-refractivity contribution < 1.29 is 0 Å². The quantitative estimate of drug-likeness (QED) is 0.516. The summed E-state index contributed by atoms with van der Waals surface area (Å²) >= 11 is 5.86. The van der Waals surface area contributed by atoms with Crippen LogP contribution < -0.4 is 5.73 Å². The maximum absolute atomic E-state index is 5.91. The van der Waals surface area contributed by atoms with Crippen LogP contribution in [0.25, 0.3) is 0 Å². The standard InChI is InChI=1S/C14H18N4S2/c1-4-9-5-6-16-10(7-9)8(2)13-17-12(15)11(19)14(18-13)20-3/h5-8,19H,4H2,1-3H3,(H2,15,17,18). The zero-order valence-electron chi connectivity index (χ0n) is 11.8. The van der Waals surface area contributed by atoms with Crippen molar-refractivity contribution in [1.29, 1.82) is 0 Å². The van der Waals surface area contributed by atoms with Gasteiger partial charge in [-0.2, -0.15) is 0 Å². The van der Waals surface area contributed by atoms with Crippen molar-refractivity contribution in [2.24, 2.45) is 0 Å². The van der Waals surface area contributed by atoms with Crippen molar-refractivity contribution in [3.63, 3.8) is 0 Å². The molecule has 0 radical (unpaired) electrons. The van der Waals surface area contributed by atoms with Gasteiger partial charge in [-0.15, -0.1) is 24.4 Å². The first-order valence-electron chi connectivity index (χ1n) is 6.42. The van der Waals surface area contributed by atoms with Crippen molar-refractivity contribution in [2.45, 2.75) is 36.1 Å². The van der Waals surface area contributed by atoms with Crippen LogP contribution in [0.5, 0.6) is 0 Å². The fourth-order valence-electron chi connectivity index (χ4n) is 1.89. The number of nitrogens with zero attached hydrogens (tertiary/aromatic N) is 3. The van der Waals surface area contributed by atoms with Crippen molar-refractivity contribution in [3.05, 3.63) is 35.4 Å². The Balaban J connectivity index is 2.42. The SMILES string of the molecule is CCc1ccnc(C(C)c2nc(N)c(S)c(SC)n2)c1. The molecule has 0 fully saturated rings. The summed E-state index contributed by atoms with van der Waals surface area (Å²) in [7, 11) is 0. The topological polar surface area (TPSA) is 64.7 Å². The van der Waals surface area contributed by atoms with Crippen LogP contribution in [0, 0.1) is 0 Å². The molecular weight excluding hydrogens is 288 g/mol. The lowest BCUT2D eigenvalue weighted by molar-refractivity contribution is 0.752. The average molecular weight is 306 g/mol. The molecule has 0 aliphatic rings. The molecule has 2 aromatic heterocycles. The van der Waals surface area contributed by atoms with E-state index in [4.69, 9.17) is 5.73 Å². The van der Waals surface area contributed by atoms with Gasteiger partial charge in [0.05, 0.1) is 16.5 Å². The molecule has 0 saturated heterocycles. The Bertz CT molecular complexity index is 616. The van der Waals surface area contributed by atoms with Gasteiger partial charge in [0.1, 0.15) is 16.7 Å². The van der Waals surface area contributed by atoms with Crippen molar-refractivity contribution >= 4 is 30.2 Å². The van der Waals surface area contributed by atoms with Gasteiger partial charge in [-0.3, -0.25) is 4.98 Å². The monoisotopic (exact) mass is 306 g/mol. The van der Waals surface area contributed by atoms with E-state index in [9.17, 15) is 0 Å². The van der Waals surface area contributed by atoms with E-state index in [1.54, 1.807) is 0 Å².